The van der Waals surface area contributed by atoms with Gasteiger partial charge in [-0.25, -0.2) is 28.8 Å². The van der Waals surface area contributed by atoms with Crippen LogP contribution in [0.5, 0.6) is 5.75 Å². The maximum atomic E-state index is 14.6. The lowest BCUT2D eigenvalue weighted by Crippen LogP contribution is -2.25. The fourth-order valence-electron chi connectivity index (χ4n) is 3.45. The summed E-state index contributed by atoms with van der Waals surface area (Å²) in [7, 11) is 0. The van der Waals surface area contributed by atoms with E-state index in [2.05, 4.69) is 20.1 Å². The van der Waals surface area contributed by atoms with Crippen molar-refractivity contribution in [3.63, 3.8) is 0 Å². The molecule has 1 aromatic carbocycles. The maximum absolute atomic E-state index is 14.6. The number of rotatable bonds is 6. The summed E-state index contributed by atoms with van der Waals surface area (Å²) < 4.78 is 65.3. The number of aliphatic hydroxyl groups excluding tert-OH is 1. The van der Waals surface area contributed by atoms with Gasteiger partial charge < -0.3 is 10.2 Å². The van der Waals surface area contributed by atoms with Gasteiger partial charge in [-0.15, -0.1) is 0 Å². The normalized spacial score (nSPS) is 13.0. The number of alkyl halides is 4. The molecule has 0 amide bonds. The third-order valence-corrected chi connectivity index (χ3v) is 5.42. The SMILES string of the molecule is CCCC(F)Cn1cnc2cc(-c3ncc(C(C)O)cn3)c(F)cc2c1=O.O=c1[nH]ncc(O)c1C(F)(F)F. The average molecular weight is 554 g/mol. The first-order valence-electron chi connectivity index (χ1n) is 11.5. The molecular formula is C24H23F5N6O4. The second-order valence-corrected chi connectivity index (χ2v) is 8.41. The minimum absolute atomic E-state index is 0.0723. The molecule has 0 aliphatic carbocycles. The van der Waals surface area contributed by atoms with Crippen molar-refractivity contribution in [2.75, 3.05) is 0 Å². The molecule has 3 aromatic heterocycles. The summed E-state index contributed by atoms with van der Waals surface area (Å²) in [5, 5.41) is 22.7. The number of nitrogens with one attached hydrogen (secondary N) is 1. The van der Waals surface area contributed by atoms with Gasteiger partial charge in [0.2, 0.25) is 0 Å². The lowest BCUT2D eigenvalue weighted by atomic mass is 10.1. The topological polar surface area (TPSA) is 147 Å². The number of hydrogen-bond acceptors (Lipinski definition) is 8. The number of aromatic amines is 1. The van der Waals surface area contributed by atoms with E-state index in [4.69, 9.17) is 5.11 Å². The first-order chi connectivity index (χ1) is 18.3. The highest BCUT2D eigenvalue weighted by Gasteiger charge is 2.37. The Hall–Kier alpha value is -4.27. The number of fused-ring (bicyclic) bond motifs is 1. The Morgan fingerprint density at radius 2 is 1.77 bits per heavy atom. The number of aliphatic hydroxyl groups is 1. The quantitative estimate of drug-likeness (QED) is 0.306. The van der Waals surface area contributed by atoms with Crippen LogP contribution in [0.1, 0.15) is 43.9 Å². The summed E-state index contributed by atoms with van der Waals surface area (Å²) in [5.74, 6) is -1.72. The second kappa shape index (κ2) is 12.1. The Morgan fingerprint density at radius 1 is 1.10 bits per heavy atom. The van der Waals surface area contributed by atoms with Crippen molar-refractivity contribution < 1.29 is 32.2 Å². The van der Waals surface area contributed by atoms with Crippen molar-refractivity contribution in [3.05, 3.63) is 74.7 Å². The molecule has 15 heteroatoms. The highest BCUT2D eigenvalue weighted by molar-refractivity contribution is 5.82. The van der Waals surface area contributed by atoms with Gasteiger partial charge in [-0.05, 0) is 25.5 Å². The molecule has 39 heavy (non-hydrogen) atoms. The van der Waals surface area contributed by atoms with Gasteiger partial charge in [0.15, 0.2) is 17.1 Å². The van der Waals surface area contributed by atoms with E-state index in [1.807, 2.05) is 6.92 Å². The molecule has 0 radical (unpaired) electrons. The van der Waals surface area contributed by atoms with Crippen molar-refractivity contribution in [2.45, 2.75) is 51.7 Å². The van der Waals surface area contributed by atoms with Crippen LogP contribution < -0.4 is 11.1 Å². The Kier molecular flexibility index (Phi) is 9.06. The van der Waals surface area contributed by atoms with E-state index < -0.39 is 46.7 Å². The van der Waals surface area contributed by atoms with Crippen LogP contribution >= 0.6 is 0 Å². The van der Waals surface area contributed by atoms with Crippen LogP contribution in [0.4, 0.5) is 22.0 Å². The first-order valence-corrected chi connectivity index (χ1v) is 11.5. The summed E-state index contributed by atoms with van der Waals surface area (Å²) in [5.41, 5.74) is -2.69. The van der Waals surface area contributed by atoms with E-state index in [-0.39, 0.29) is 28.8 Å². The summed E-state index contributed by atoms with van der Waals surface area (Å²) in [6.45, 7) is 3.33. The Bertz CT molecular complexity index is 1550. The van der Waals surface area contributed by atoms with Crippen molar-refractivity contribution in [1.29, 1.82) is 0 Å². The van der Waals surface area contributed by atoms with Gasteiger partial charge in [0.05, 0.1) is 41.6 Å². The van der Waals surface area contributed by atoms with Gasteiger partial charge in [0.1, 0.15) is 12.0 Å². The van der Waals surface area contributed by atoms with Crippen molar-refractivity contribution in [3.8, 4) is 17.1 Å². The zero-order chi connectivity index (χ0) is 28.9. The van der Waals surface area contributed by atoms with Crippen LogP contribution in [0.2, 0.25) is 0 Å². The molecule has 10 nitrogen and oxygen atoms in total. The number of halogens is 5. The standard InChI is InChI=1S/C19H20F2N4O2.C5H3F3N2O2/c1-3-4-13(20)9-25-10-24-17-6-14(16(21)5-15(17)19(25)27)18-22-7-12(8-23-18)11(2)26;6-5(7,8)3-2(11)1-9-10-4(3)12/h5-8,10-11,13,26H,3-4,9H2,1-2H3;1H,(H2,10,11,12). The van der Waals surface area contributed by atoms with Crippen LogP contribution in [-0.2, 0) is 12.7 Å². The van der Waals surface area contributed by atoms with E-state index >= 15 is 0 Å². The van der Waals surface area contributed by atoms with Crippen molar-refractivity contribution in [2.24, 2.45) is 0 Å². The Morgan fingerprint density at radius 3 is 2.31 bits per heavy atom. The Balaban J connectivity index is 0.000000293. The van der Waals surface area contributed by atoms with Crippen LogP contribution in [0.15, 0.2) is 46.6 Å². The van der Waals surface area contributed by atoms with Crippen LogP contribution in [0, 0.1) is 5.82 Å². The number of aromatic hydroxyl groups is 1. The highest BCUT2D eigenvalue weighted by atomic mass is 19.4. The molecule has 0 spiro atoms. The molecule has 4 aromatic rings. The molecule has 0 saturated carbocycles. The molecule has 0 fully saturated rings. The van der Waals surface area contributed by atoms with E-state index in [0.717, 1.165) is 10.6 Å². The third kappa shape index (κ3) is 6.98. The highest BCUT2D eigenvalue weighted by Crippen LogP contribution is 2.31. The van der Waals surface area contributed by atoms with Gasteiger partial charge in [-0.2, -0.15) is 18.3 Å². The molecular weight excluding hydrogens is 531 g/mol. The predicted molar refractivity (Wildman–Crippen MR) is 129 cm³/mol. The largest absolute Gasteiger partial charge is 0.505 e. The van der Waals surface area contributed by atoms with E-state index in [1.165, 1.54) is 24.8 Å². The number of hydrogen-bond donors (Lipinski definition) is 3. The molecule has 0 aliphatic rings. The average Bonchev–Trinajstić information content (AvgIpc) is 2.85. The number of benzene rings is 1. The van der Waals surface area contributed by atoms with Gasteiger partial charge in [0, 0.05) is 18.0 Å². The van der Waals surface area contributed by atoms with E-state index in [0.29, 0.717) is 24.6 Å². The summed E-state index contributed by atoms with van der Waals surface area (Å²) in [6, 6.07) is 2.47. The smallest absolute Gasteiger partial charge is 0.425 e. The minimum atomic E-state index is -4.86. The molecule has 0 saturated heterocycles. The fraction of sp³-hybridized carbons (Fsp3) is 0.333. The molecule has 0 bridgehead atoms. The predicted octanol–water partition coefficient (Wildman–Crippen LogP) is 3.68. The van der Waals surface area contributed by atoms with Crippen molar-refractivity contribution >= 4 is 10.9 Å². The molecule has 0 aliphatic heterocycles. The zero-order valence-electron chi connectivity index (χ0n) is 20.6. The van der Waals surface area contributed by atoms with Crippen LogP contribution in [-0.4, -0.2) is 46.1 Å². The summed E-state index contributed by atoms with van der Waals surface area (Å²) >= 11 is 0. The summed E-state index contributed by atoms with van der Waals surface area (Å²) in [6.07, 6.45) is -1.12. The van der Waals surface area contributed by atoms with Gasteiger partial charge in [0.25, 0.3) is 11.1 Å². The van der Waals surface area contributed by atoms with Gasteiger partial charge in [-0.3, -0.25) is 14.2 Å². The fourth-order valence-corrected chi connectivity index (χ4v) is 3.45. The number of nitrogens with zero attached hydrogens (tertiary/aromatic N) is 5. The molecule has 2 atom stereocenters. The first kappa shape index (κ1) is 29.3. The number of aromatic nitrogens is 6. The van der Waals surface area contributed by atoms with Crippen LogP contribution in [0.3, 0.4) is 0 Å². The lowest BCUT2D eigenvalue weighted by Gasteiger charge is -2.11. The van der Waals surface area contributed by atoms with Gasteiger partial charge >= 0.3 is 6.18 Å². The minimum Gasteiger partial charge on any atom is -0.505 e. The number of H-pyrrole nitrogens is 1. The molecule has 3 heterocycles. The molecule has 208 valence electrons. The monoisotopic (exact) mass is 554 g/mol. The zero-order valence-corrected chi connectivity index (χ0v) is 20.6. The second-order valence-electron chi connectivity index (χ2n) is 8.41. The van der Waals surface area contributed by atoms with Gasteiger partial charge in [-0.1, -0.05) is 13.3 Å². The maximum Gasteiger partial charge on any atom is 0.425 e. The van der Waals surface area contributed by atoms with E-state index in [1.54, 1.807) is 12.0 Å². The van der Waals surface area contributed by atoms with Crippen molar-refractivity contribution in [1.82, 2.24) is 29.7 Å². The molecule has 3 N–H and O–H groups in total. The van der Waals surface area contributed by atoms with E-state index in [9.17, 15) is 36.6 Å². The third-order valence-electron chi connectivity index (χ3n) is 5.42. The lowest BCUT2D eigenvalue weighted by molar-refractivity contribution is -0.140. The summed E-state index contributed by atoms with van der Waals surface area (Å²) in [4.78, 5) is 35.3. The molecule has 4 rings (SSSR count). The molecule has 2 unspecified atom stereocenters. The Labute approximate surface area is 216 Å². The van der Waals surface area contributed by atoms with Crippen LogP contribution in [0.25, 0.3) is 22.3 Å².